The van der Waals surface area contributed by atoms with Crippen LogP contribution in [-0.4, -0.2) is 76.5 Å². The third-order valence-corrected chi connectivity index (χ3v) is 5.65. The summed E-state index contributed by atoms with van der Waals surface area (Å²) in [6, 6.07) is 15.8. The molecule has 0 aliphatic carbocycles. The molecule has 0 spiro atoms. The van der Waals surface area contributed by atoms with E-state index in [0.29, 0.717) is 38.4 Å². The summed E-state index contributed by atoms with van der Waals surface area (Å²) in [5.41, 5.74) is 4.68. The maximum atomic E-state index is 12.8. The quantitative estimate of drug-likeness (QED) is 0.539. The van der Waals surface area contributed by atoms with Gasteiger partial charge in [-0.25, -0.2) is 4.79 Å². The molecule has 1 aromatic heterocycles. The highest BCUT2D eigenvalue weighted by atomic mass is 19.4. The maximum Gasteiger partial charge on any atom is 0.490 e. The second-order valence-electron chi connectivity index (χ2n) is 8.43. The van der Waals surface area contributed by atoms with Crippen LogP contribution in [0.1, 0.15) is 32.0 Å². The molecule has 0 unspecified atom stereocenters. The van der Waals surface area contributed by atoms with Crippen LogP contribution in [0.25, 0.3) is 10.9 Å². The van der Waals surface area contributed by atoms with Gasteiger partial charge in [-0.2, -0.15) is 13.2 Å². The number of aromatic amines is 1. The molecule has 2 N–H and O–H groups in total. The number of aryl methyl sites for hydroxylation is 2. The van der Waals surface area contributed by atoms with Crippen molar-refractivity contribution >= 4 is 28.6 Å². The molecule has 1 saturated heterocycles. The van der Waals surface area contributed by atoms with E-state index < -0.39 is 12.1 Å². The first-order valence-corrected chi connectivity index (χ1v) is 10.9. The predicted octanol–water partition coefficient (Wildman–Crippen LogP) is 4.06. The molecule has 0 bridgehead atoms. The van der Waals surface area contributed by atoms with Gasteiger partial charge in [0, 0.05) is 42.6 Å². The van der Waals surface area contributed by atoms with Crippen LogP contribution >= 0.6 is 0 Å². The number of H-pyrrole nitrogens is 1. The summed E-state index contributed by atoms with van der Waals surface area (Å²) in [5, 5.41) is 8.18. The summed E-state index contributed by atoms with van der Waals surface area (Å²) in [7, 11) is 0. The molecule has 2 aromatic carbocycles. The highest BCUT2D eigenvalue weighted by Crippen LogP contribution is 2.19. The summed E-state index contributed by atoms with van der Waals surface area (Å²) < 4.78 is 31.7. The van der Waals surface area contributed by atoms with Crippen molar-refractivity contribution in [2.45, 2.75) is 20.0 Å². The van der Waals surface area contributed by atoms with Crippen LogP contribution in [-0.2, 0) is 4.79 Å². The van der Waals surface area contributed by atoms with Crippen LogP contribution in [0.3, 0.4) is 0 Å². The Hall–Kier alpha value is -3.66. The number of alkyl halides is 3. The van der Waals surface area contributed by atoms with Gasteiger partial charge >= 0.3 is 12.1 Å². The number of aliphatic carboxylic acids is 1. The zero-order valence-corrected chi connectivity index (χ0v) is 19.4. The Morgan fingerprint density at radius 2 is 1.49 bits per heavy atom. The van der Waals surface area contributed by atoms with E-state index >= 15 is 0 Å². The van der Waals surface area contributed by atoms with E-state index in [1.165, 1.54) is 5.56 Å². The van der Waals surface area contributed by atoms with Crippen LogP contribution in [0.2, 0.25) is 0 Å². The van der Waals surface area contributed by atoms with E-state index in [1.54, 1.807) is 0 Å². The van der Waals surface area contributed by atoms with E-state index in [2.05, 4.69) is 16.0 Å². The summed E-state index contributed by atoms with van der Waals surface area (Å²) in [5.74, 6) is -2.60. The van der Waals surface area contributed by atoms with Crippen LogP contribution in [0.5, 0.6) is 0 Å². The Bertz CT molecular complexity index is 1210. The van der Waals surface area contributed by atoms with Gasteiger partial charge in [-0.1, -0.05) is 42.0 Å². The first-order valence-electron chi connectivity index (χ1n) is 10.9. The number of piperazine rings is 1. The van der Waals surface area contributed by atoms with Crippen molar-refractivity contribution in [1.29, 1.82) is 0 Å². The maximum absolute atomic E-state index is 12.8. The molecule has 7 nitrogen and oxygen atoms in total. The van der Waals surface area contributed by atoms with Gasteiger partial charge in [0.1, 0.15) is 5.69 Å². The number of ketones is 1. The average Bonchev–Trinajstić information content (AvgIpc) is 3.22. The van der Waals surface area contributed by atoms with E-state index in [9.17, 15) is 22.8 Å². The van der Waals surface area contributed by atoms with Gasteiger partial charge in [0.05, 0.1) is 6.54 Å². The fourth-order valence-corrected chi connectivity index (χ4v) is 3.67. The SMILES string of the molecule is Cc1ccc(C(=O)CN2CCN(C(=O)c3cc4ccc(C)cc4[nH]3)CC2)cc1.O=C(O)C(F)(F)F. The van der Waals surface area contributed by atoms with Crippen molar-refractivity contribution in [2.75, 3.05) is 32.7 Å². The molecule has 0 atom stereocenters. The summed E-state index contributed by atoms with van der Waals surface area (Å²) >= 11 is 0. The number of amides is 1. The van der Waals surface area contributed by atoms with Gasteiger partial charge in [-0.15, -0.1) is 0 Å². The Morgan fingerprint density at radius 1 is 0.914 bits per heavy atom. The number of carbonyl (C=O) groups is 3. The minimum absolute atomic E-state index is 0.0263. The van der Waals surface area contributed by atoms with E-state index in [0.717, 1.165) is 22.0 Å². The first-order chi connectivity index (χ1) is 16.4. The molecular weight excluding hydrogens is 463 g/mol. The minimum atomic E-state index is -5.08. The van der Waals surface area contributed by atoms with Gasteiger partial charge in [0.25, 0.3) is 5.91 Å². The van der Waals surface area contributed by atoms with Crippen LogP contribution in [0.15, 0.2) is 48.5 Å². The summed E-state index contributed by atoms with van der Waals surface area (Å²) in [6.45, 7) is 7.14. The van der Waals surface area contributed by atoms with Crippen LogP contribution in [0.4, 0.5) is 13.2 Å². The monoisotopic (exact) mass is 489 g/mol. The fourth-order valence-electron chi connectivity index (χ4n) is 3.67. The number of carboxylic acids is 1. The zero-order chi connectivity index (χ0) is 25.8. The van der Waals surface area contributed by atoms with Crippen LogP contribution < -0.4 is 0 Å². The first kappa shape index (κ1) is 26.0. The molecule has 186 valence electrons. The van der Waals surface area contributed by atoms with E-state index in [-0.39, 0.29) is 11.7 Å². The molecule has 2 heterocycles. The van der Waals surface area contributed by atoms with Crippen molar-refractivity contribution < 1.29 is 32.7 Å². The number of benzene rings is 2. The van der Waals surface area contributed by atoms with Crippen LogP contribution in [0, 0.1) is 13.8 Å². The molecule has 1 aliphatic heterocycles. The molecule has 10 heteroatoms. The average molecular weight is 489 g/mol. The second kappa shape index (κ2) is 10.7. The van der Waals surface area contributed by atoms with Gasteiger partial charge in [0.15, 0.2) is 5.78 Å². The Balaban J connectivity index is 0.000000429. The van der Waals surface area contributed by atoms with Crippen molar-refractivity contribution in [3.05, 3.63) is 70.9 Å². The van der Waals surface area contributed by atoms with E-state index in [4.69, 9.17) is 9.90 Å². The topological polar surface area (TPSA) is 93.7 Å². The number of carboxylic acid groups (broad SMARTS) is 1. The molecular formula is C25H26F3N3O4. The molecule has 35 heavy (non-hydrogen) atoms. The molecule has 3 aromatic rings. The highest BCUT2D eigenvalue weighted by Gasteiger charge is 2.38. The van der Waals surface area contributed by atoms with Gasteiger partial charge in [-0.3, -0.25) is 14.5 Å². The number of rotatable bonds is 4. The number of aromatic nitrogens is 1. The lowest BCUT2D eigenvalue weighted by Crippen LogP contribution is -2.50. The van der Waals surface area contributed by atoms with Gasteiger partial charge in [-0.05, 0) is 31.5 Å². The molecule has 0 radical (unpaired) electrons. The summed E-state index contributed by atoms with van der Waals surface area (Å²) in [6.07, 6.45) is -5.08. The van der Waals surface area contributed by atoms with Crippen molar-refractivity contribution in [1.82, 2.24) is 14.8 Å². The smallest absolute Gasteiger partial charge is 0.475 e. The van der Waals surface area contributed by atoms with Crippen molar-refractivity contribution in [3.63, 3.8) is 0 Å². The predicted molar refractivity (Wildman–Crippen MR) is 125 cm³/mol. The Labute approximate surface area is 200 Å². The lowest BCUT2D eigenvalue weighted by atomic mass is 10.1. The van der Waals surface area contributed by atoms with E-state index in [1.807, 2.05) is 61.2 Å². The van der Waals surface area contributed by atoms with Gasteiger partial charge in [0.2, 0.25) is 0 Å². The number of nitrogens with one attached hydrogen (secondary N) is 1. The number of hydrogen-bond donors (Lipinski definition) is 2. The zero-order valence-electron chi connectivity index (χ0n) is 19.4. The fraction of sp³-hybridized carbons (Fsp3) is 0.320. The van der Waals surface area contributed by atoms with Crippen molar-refractivity contribution in [2.24, 2.45) is 0 Å². The van der Waals surface area contributed by atoms with Gasteiger partial charge < -0.3 is 15.0 Å². The second-order valence-corrected chi connectivity index (χ2v) is 8.43. The highest BCUT2D eigenvalue weighted by molar-refractivity contribution is 5.99. The molecule has 1 amide bonds. The number of Topliss-reactive ketones (excluding diaryl/α,β-unsaturated/α-hetero) is 1. The largest absolute Gasteiger partial charge is 0.490 e. The lowest BCUT2D eigenvalue weighted by molar-refractivity contribution is -0.192. The Kier molecular flexibility index (Phi) is 7.96. The number of halogens is 3. The normalized spacial score (nSPS) is 14.4. The van der Waals surface area contributed by atoms with Crippen molar-refractivity contribution in [3.8, 4) is 0 Å². The molecule has 1 aliphatic rings. The lowest BCUT2D eigenvalue weighted by Gasteiger charge is -2.34. The number of carbonyl (C=O) groups excluding carboxylic acids is 2. The molecule has 1 fully saturated rings. The number of hydrogen-bond acceptors (Lipinski definition) is 4. The summed E-state index contributed by atoms with van der Waals surface area (Å²) in [4.78, 5) is 41.4. The third-order valence-electron chi connectivity index (χ3n) is 5.65. The standard InChI is InChI=1S/C23H25N3O2.C2HF3O2/c1-16-3-6-18(7-4-16)22(27)15-25-9-11-26(12-10-25)23(28)21-14-19-8-5-17(2)13-20(19)24-21;3-2(4,5)1(6)7/h3-8,13-14,24H,9-12,15H2,1-2H3;(H,6,7). The Morgan fingerprint density at radius 3 is 2.06 bits per heavy atom. The minimum Gasteiger partial charge on any atom is -0.475 e. The molecule has 4 rings (SSSR count). The number of nitrogens with zero attached hydrogens (tertiary/aromatic N) is 2. The number of fused-ring (bicyclic) bond motifs is 1. The third kappa shape index (κ3) is 6.92. The molecule has 0 saturated carbocycles.